The van der Waals surface area contributed by atoms with E-state index in [0.717, 1.165) is 42.8 Å². The lowest BCUT2D eigenvalue weighted by Gasteiger charge is -2.39. The zero-order chi connectivity index (χ0) is 22.9. The Kier molecular flexibility index (Phi) is 8.73. The zero-order valence-electron chi connectivity index (χ0n) is 19.5. The van der Waals surface area contributed by atoms with Crippen LogP contribution in [0, 0.1) is 0 Å². The van der Waals surface area contributed by atoms with Crippen LogP contribution in [0.2, 0.25) is 0 Å². The first kappa shape index (κ1) is 23.9. The van der Waals surface area contributed by atoms with Gasteiger partial charge in [-0.3, -0.25) is 9.59 Å². The van der Waals surface area contributed by atoms with Gasteiger partial charge in [-0.25, -0.2) is 0 Å². The molecule has 3 rings (SSSR count). The number of unbranched alkanes of at least 4 members (excludes halogenated alkanes) is 2. The molecule has 0 fully saturated rings. The molecule has 1 aliphatic heterocycles. The lowest BCUT2D eigenvalue weighted by Crippen LogP contribution is -2.48. The van der Waals surface area contributed by atoms with E-state index in [1.807, 2.05) is 41.4 Å². The molecule has 2 amide bonds. The van der Waals surface area contributed by atoms with Crippen LogP contribution in [-0.2, 0) is 20.9 Å². The Balaban J connectivity index is 1.84. The van der Waals surface area contributed by atoms with E-state index in [-0.39, 0.29) is 24.4 Å². The van der Waals surface area contributed by atoms with Crippen molar-refractivity contribution in [3.8, 4) is 5.75 Å². The van der Waals surface area contributed by atoms with Crippen LogP contribution in [0.25, 0.3) is 0 Å². The molecule has 32 heavy (non-hydrogen) atoms. The average molecular weight is 442 g/mol. The Bertz CT molecular complexity index is 895. The van der Waals surface area contributed by atoms with Gasteiger partial charge in [0.25, 0.3) is 0 Å². The number of methoxy groups -OCH3 is 2. The number of amides is 2. The molecule has 0 aliphatic carbocycles. The molecule has 0 bridgehead atoms. The summed E-state index contributed by atoms with van der Waals surface area (Å²) in [6, 6.07) is 11.6. The Morgan fingerprint density at radius 2 is 1.91 bits per heavy atom. The van der Waals surface area contributed by atoms with Crippen molar-refractivity contribution >= 4 is 11.8 Å². The second kappa shape index (κ2) is 11.7. The van der Waals surface area contributed by atoms with Crippen molar-refractivity contribution in [2.24, 2.45) is 0 Å². The van der Waals surface area contributed by atoms with E-state index in [9.17, 15) is 9.59 Å². The van der Waals surface area contributed by atoms with Crippen molar-refractivity contribution in [1.82, 2.24) is 14.4 Å². The summed E-state index contributed by atoms with van der Waals surface area (Å²) in [5.74, 6) is 0.697. The topological polar surface area (TPSA) is 64.0 Å². The summed E-state index contributed by atoms with van der Waals surface area (Å²) in [5, 5.41) is 0. The smallest absolute Gasteiger partial charge is 0.243 e. The van der Waals surface area contributed by atoms with Gasteiger partial charge in [-0.05, 0) is 24.6 Å². The number of ether oxygens (including phenoxy) is 2. The number of carbonyl (C=O) groups excluding carboxylic acids is 2. The Morgan fingerprint density at radius 1 is 1.09 bits per heavy atom. The second-order valence-corrected chi connectivity index (χ2v) is 8.12. The molecule has 0 saturated carbocycles. The predicted octanol–water partition coefficient (Wildman–Crippen LogP) is 3.48. The Labute approximate surface area is 190 Å². The lowest BCUT2D eigenvalue weighted by atomic mass is 9.98. The fourth-order valence-electron chi connectivity index (χ4n) is 4.30. The third-order valence-electron chi connectivity index (χ3n) is 6.03. The van der Waals surface area contributed by atoms with Crippen LogP contribution in [0.3, 0.4) is 0 Å². The van der Waals surface area contributed by atoms with E-state index in [4.69, 9.17) is 9.47 Å². The molecule has 7 heteroatoms. The van der Waals surface area contributed by atoms with E-state index < -0.39 is 0 Å². The van der Waals surface area contributed by atoms with Crippen molar-refractivity contribution in [2.75, 3.05) is 40.5 Å². The van der Waals surface area contributed by atoms with Crippen LogP contribution in [0.5, 0.6) is 5.75 Å². The normalized spacial score (nSPS) is 15.3. The molecule has 1 unspecified atom stereocenters. The van der Waals surface area contributed by atoms with Crippen molar-refractivity contribution in [3.05, 3.63) is 53.9 Å². The third-order valence-corrected chi connectivity index (χ3v) is 6.03. The van der Waals surface area contributed by atoms with Gasteiger partial charge in [0.2, 0.25) is 11.8 Å². The molecule has 2 aromatic rings. The monoisotopic (exact) mass is 441 g/mol. The molecule has 0 spiro atoms. The number of rotatable bonds is 11. The van der Waals surface area contributed by atoms with Crippen LogP contribution in [0.15, 0.2) is 42.6 Å². The zero-order valence-corrected chi connectivity index (χ0v) is 19.5. The minimum absolute atomic E-state index is 0.0121. The molecule has 174 valence electrons. The molecular weight excluding hydrogens is 406 g/mol. The predicted molar refractivity (Wildman–Crippen MR) is 124 cm³/mol. The quantitative estimate of drug-likeness (QED) is 0.501. The second-order valence-electron chi connectivity index (χ2n) is 8.12. The molecule has 1 aliphatic rings. The van der Waals surface area contributed by atoms with Crippen LogP contribution in [0.4, 0.5) is 0 Å². The summed E-state index contributed by atoms with van der Waals surface area (Å²) < 4.78 is 13.0. The molecule has 7 nitrogen and oxygen atoms in total. The number of nitrogens with zero attached hydrogens (tertiary/aromatic N) is 3. The van der Waals surface area contributed by atoms with E-state index in [0.29, 0.717) is 26.1 Å². The fourth-order valence-corrected chi connectivity index (χ4v) is 4.30. The summed E-state index contributed by atoms with van der Waals surface area (Å²) in [5.41, 5.74) is 1.99. The molecule has 0 N–H and O–H groups in total. The summed E-state index contributed by atoms with van der Waals surface area (Å²) in [7, 11) is 3.26. The first-order valence-corrected chi connectivity index (χ1v) is 11.4. The Hall–Kier alpha value is -2.80. The molecule has 0 saturated heterocycles. The highest BCUT2D eigenvalue weighted by molar-refractivity contribution is 5.85. The van der Waals surface area contributed by atoms with E-state index in [1.165, 1.54) is 0 Å². The van der Waals surface area contributed by atoms with Gasteiger partial charge in [0, 0.05) is 50.6 Å². The highest BCUT2D eigenvalue weighted by atomic mass is 16.5. The van der Waals surface area contributed by atoms with Gasteiger partial charge in [0.05, 0.1) is 20.3 Å². The van der Waals surface area contributed by atoms with Crippen LogP contribution < -0.4 is 4.74 Å². The molecule has 0 radical (unpaired) electrons. The molecule has 1 aromatic heterocycles. The van der Waals surface area contributed by atoms with E-state index >= 15 is 0 Å². The van der Waals surface area contributed by atoms with Crippen molar-refractivity contribution < 1.29 is 19.1 Å². The largest absolute Gasteiger partial charge is 0.496 e. The Morgan fingerprint density at radius 3 is 2.66 bits per heavy atom. The van der Waals surface area contributed by atoms with Gasteiger partial charge in [-0.2, -0.15) is 0 Å². The van der Waals surface area contributed by atoms with E-state index in [2.05, 4.69) is 17.6 Å². The first-order chi connectivity index (χ1) is 15.6. The minimum Gasteiger partial charge on any atom is -0.496 e. The molecule has 1 atom stereocenters. The SMILES string of the molecule is CCCCCC(=O)N(CCOC)CC(=O)N1CCn2cccc2C1c1ccccc1OC. The fraction of sp³-hybridized carbons (Fsp3) is 0.520. The van der Waals surface area contributed by atoms with Crippen molar-refractivity contribution in [1.29, 1.82) is 0 Å². The first-order valence-electron chi connectivity index (χ1n) is 11.4. The highest BCUT2D eigenvalue weighted by Crippen LogP contribution is 2.37. The molecule has 1 aromatic carbocycles. The van der Waals surface area contributed by atoms with Crippen molar-refractivity contribution in [2.45, 2.75) is 45.2 Å². The number of carbonyl (C=O) groups is 2. The number of fused-ring (bicyclic) bond motifs is 1. The number of benzene rings is 1. The summed E-state index contributed by atoms with van der Waals surface area (Å²) in [6.07, 6.45) is 5.41. The maximum absolute atomic E-state index is 13.6. The van der Waals surface area contributed by atoms with Gasteiger partial charge in [-0.1, -0.05) is 38.0 Å². The number of hydrogen-bond acceptors (Lipinski definition) is 4. The minimum atomic E-state index is -0.262. The van der Waals surface area contributed by atoms with Crippen LogP contribution >= 0.6 is 0 Å². The van der Waals surface area contributed by atoms with Crippen LogP contribution in [-0.4, -0.2) is 66.6 Å². The van der Waals surface area contributed by atoms with Gasteiger partial charge in [-0.15, -0.1) is 0 Å². The van der Waals surface area contributed by atoms with Gasteiger partial charge >= 0.3 is 0 Å². The van der Waals surface area contributed by atoms with E-state index in [1.54, 1.807) is 19.1 Å². The molecule has 2 heterocycles. The summed E-state index contributed by atoms with van der Waals surface area (Å²) in [4.78, 5) is 29.9. The summed E-state index contributed by atoms with van der Waals surface area (Å²) in [6.45, 7) is 4.29. The average Bonchev–Trinajstić information content (AvgIpc) is 3.30. The summed E-state index contributed by atoms with van der Waals surface area (Å²) >= 11 is 0. The van der Waals surface area contributed by atoms with Crippen LogP contribution in [0.1, 0.15) is 49.9 Å². The lowest BCUT2D eigenvalue weighted by molar-refractivity contribution is -0.142. The highest BCUT2D eigenvalue weighted by Gasteiger charge is 2.34. The van der Waals surface area contributed by atoms with Crippen molar-refractivity contribution in [3.63, 3.8) is 0 Å². The van der Waals surface area contributed by atoms with Gasteiger partial charge in [0.15, 0.2) is 0 Å². The maximum Gasteiger partial charge on any atom is 0.243 e. The number of aromatic nitrogens is 1. The maximum atomic E-state index is 13.6. The van der Waals surface area contributed by atoms with Gasteiger partial charge in [0.1, 0.15) is 11.8 Å². The standard InChI is InChI=1S/C25H35N3O4/c1-4-5-6-13-23(29)27(17-18-31-2)19-24(30)28-16-15-26-14-9-11-21(26)25(28)20-10-7-8-12-22(20)32-3/h7-12,14,25H,4-6,13,15-19H2,1-3H3. The third kappa shape index (κ3) is 5.51. The number of para-hydroxylation sites is 1. The number of hydrogen-bond donors (Lipinski definition) is 0. The molecular formula is C25H35N3O4. The van der Waals surface area contributed by atoms with Gasteiger partial charge < -0.3 is 23.8 Å².